The first kappa shape index (κ1) is 11.6. The van der Waals surface area contributed by atoms with E-state index in [0.29, 0.717) is 31.5 Å². The largest absolute Gasteiger partial charge is 0.481 e. The summed E-state index contributed by atoms with van der Waals surface area (Å²) in [6.45, 7) is 0. The van der Waals surface area contributed by atoms with Gasteiger partial charge in [0.2, 0.25) is 5.91 Å². The maximum atomic E-state index is 11.8. The van der Waals surface area contributed by atoms with Crippen LogP contribution < -0.4 is 5.32 Å². The summed E-state index contributed by atoms with van der Waals surface area (Å²) >= 11 is 0. The molecule has 1 aliphatic rings. The van der Waals surface area contributed by atoms with Crippen molar-refractivity contribution in [2.75, 3.05) is 5.32 Å². The SMILES string of the molecule is O=C(O)C1CCC(C(=O)Nc2ccon2)CC1. The van der Waals surface area contributed by atoms with Gasteiger partial charge in [-0.2, -0.15) is 0 Å². The van der Waals surface area contributed by atoms with Crippen LogP contribution in [0.2, 0.25) is 0 Å². The summed E-state index contributed by atoms with van der Waals surface area (Å²) in [6.07, 6.45) is 3.73. The summed E-state index contributed by atoms with van der Waals surface area (Å²) in [7, 11) is 0. The third kappa shape index (κ3) is 2.83. The number of nitrogens with one attached hydrogen (secondary N) is 1. The quantitative estimate of drug-likeness (QED) is 0.832. The molecule has 2 rings (SSSR count). The zero-order valence-electron chi connectivity index (χ0n) is 9.26. The predicted molar refractivity (Wildman–Crippen MR) is 58.2 cm³/mol. The highest BCUT2D eigenvalue weighted by atomic mass is 16.5. The van der Waals surface area contributed by atoms with E-state index in [1.54, 1.807) is 6.07 Å². The van der Waals surface area contributed by atoms with E-state index in [1.165, 1.54) is 6.26 Å². The van der Waals surface area contributed by atoms with Crippen LogP contribution in [0.15, 0.2) is 16.9 Å². The molecule has 1 aromatic heterocycles. The number of hydrogen-bond acceptors (Lipinski definition) is 4. The normalized spacial score (nSPS) is 24.2. The molecule has 0 atom stereocenters. The van der Waals surface area contributed by atoms with Crippen LogP contribution in [-0.4, -0.2) is 22.1 Å². The Kier molecular flexibility index (Phi) is 3.41. The summed E-state index contributed by atoms with van der Waals surface area (Å²) in [5, 5.41) is 15.1. The molecule has 1 aromatic rings. The van der Waals surface area contributed by atoms with Crippen LogP contribution in [0.3, 0.4) is 0 Å². The molecule has 6 nitrogen and oxygen atoms in total. The highest BCUT2D eigenvalue weighted by Crippen LogP contribution is 2.29. The van der Waals surface area contributed by atoms with Gasteiger partial charge in [0.1, 0.15) is 6.26 Å². The Morgan fingerprint density at radius 1 is 1.29 bits per heavy atom. The van der Waals surface area contributed by atoms with Gasteiger partial charge in [0, 0.05) is 12.0 Å². The molecule has 17 heavy (non-hydrogen) atoms. The van der Waals surface area contributed by atoms with E-state index in [1.807, 2.05) is 0 Å². The first-order valence-electron chi connectivity index (χ1n) is 5.61. The van der Waals surface area contributed by atoms with Crippen LogP contribution in [0, 0.1) is 11.8 Å². The fraction of sp³-hybridized carbons (Fsp3) is 0.545. The third-order valence-electron chi connectivity index (χ3n) is 3.14. The number of carboxylic acids is 1. The monoisotopic (exact) mass is 238 g/mol. The Morgan fingerprint density at radius 2 is 1.94 bits per heavy atom. The molecule has 1 aliphatic carbocycles. The second kappa shape index (κ2) is 4.99. The van der Waals surface area contributed by atoms with Crippen molar-refractivity contribution in [1.29, 1.82) is 0 Å². The van der Waals surface area contributed by atoms with E-state index in [9.17, 15) is 9.59 Å². The Hall–Kier alpha value is -1.85. The topological polar surface area (TPSA) is 92.4 Å². The number of aromatic nitrogens is 1. The third-order valence-corrected chi connectivity index (χ3v) is 3.14. The van der Waals surface area contributed by atoms with Crippen LogP contribution in [0.5, 0.6) is 0 Å². The minimum atomic E-state index is -0.764. The average Bonchev–Trinajstić information content (AvgIpc) is 2.82. The molecule has 0 bridgehead atoms. The predicted octanol–water partition coefficient (Wildman–Crippen LogP) is 1.50. The van der Waals surface area contributed by atoms with Crippen molar-refractivity contribution in [1.82, 2.24) is 5.16 Å². The van der Waals surface area contributed by atoms with Gasteiger partial charge in [0.25, 0.3) is 0 Å². The molecule has 1 amide bonds. The summed E-state index contributed by atoms with van der Waals surface area (Å²) < 4.78 is 4.61. The second-order valence-corrected chi connectivity index (χ2v) is 4.26. The van der Waals surface area contributed by atoms with E-state index in [4.69, 9.17) is 5.11 Å². The van der Waals surface area contributed by atoms with Gasteiger partial charge in [-0.05, 0) is 25.7 Å². The maximum Gasteiger partial charge on any atom is 0.306 e. The zero-order valence-corrected chi connectivity index (χ0v) is 9.26. The highest BCUT2D eigenvalue weighted by Gasteiger charge is 2.29. The number of rotatable bonds is 3. The van der Waals surface area contributed by atoms with Crippen LogP contribution in [-0.2, 0) is 9.59 Å². The Balaban J connectivity index is 1.84. The Morgan fingerprint density at radius 3 is 2.47 bits per heavy atom. The first-order valence-corrected chi connectivity index (χ1v) is 5.61. The van der Waals surface area contributed by atoms with Gasteiger partial charge in [0.05, 0.1) is 5.92 Å². The molecule has 1 heterocycles. The first-order chi connectivity index (χ1) is 8.16. The summed E-state index contributed by atoms with van der Waals surface area (Å²) in [5.74, 6) is -0.896. The van der Waals surface area contributed by atoms with Crippen molar-refractivity contribution < 1.29 is 19.2 Å². The van der Waals surface area contributed by atoms with Crippen LogP contribution >= 0.6 is 0 Å². The second-order valence-electron chi connectivity index (χ2n) is 4.26. The molecule has 2 N–H and O–H groups in total. The van der Waals surface area contributed by atoms with Gasteiger partial charge in [-0.1, -0.05) is 5.16 Å². The molecule has 0 unspecified atom stereocenters. The van der Waals surface area contributed by atoms with Crippen molar-refractivity contribution in [3.8, 4) is 0 Å². The highest BCUT2D eigenvalue weighted by molar-refractivity contribution is 5.91. The number of hydrogen-bond donors (Lipinski definition) is 2. The molecular formula is C11H14N2O4. The van der Waals surface area contributed by atoms with E-state index < -0.39 is 5.97 Å². The van der Waals surface area contributed by atoms with Gasteiger partial charge in [-0.15, -0.1) is 0 Å². The van der Waals surface area contributed by atoms with Gasteiger partial charge >= 0.3 is 5.97 Å². The summed E-state index contributed by atoms with van der Waals surface area (Å²) in [5.41, 5.74) is 0. The lowest BCUT2D eigenvalue weighted by molar-refractivity contribution is -0.143. The standard InChI is InChI=1S/C11H14N2O4/c14-10(12-9-5-6-17-13-9)7-1-3-8(4-2-7)11(15)16/h5-8H,1-4H2,(H,15,16)(H,12,13,14). The molecule has 92 valence electrons. The molecule has 0 saturated heterocycles. The minimum Gasteiger partial charge on any atom is -0.481 e. The van der Waals surface area contributed by atoms with E-state index in [2.05, 4.69) is 15.0 Å². The number of aliphatic carboxylic acids is 1. The smallest absolute Gasteiger partial charge is 0.306 e. The molecule has 0 aromatic carbocycles. The molecule has 6 heteroatoms. The van der Waals surface area contributed by atoms with Crippen molar-refractivity contribution in [3.63, 3.8) is 0 Å². The number of carbonyl (C=O) groups is 2. The van der Waals surface area contributed by atoms with Crippen molar-refractivity contribution in [2.24, 2.45) is 11.8 Å². The van der Waals surface area contributed by atoms with Crippen molar-refractivity contribution in [3.05, 3.63) is 12.3 Å². The number of anilines is 1. The lowest BCUT2D eigenvalue weighted by atomic mass is 9.81. The molecule has 1 fully saturated rings. The molecular weight excluding hydrogens is 224 g/mol. The number of carboxylic acid groups (broad SMARTS) is 1. The maximum absolute atomic E-state index is 11.8. The lowest BCUT2D eigenvalue weighted by Crippen LogP contribution is -2.29. The molecule has 0 spiro atoms. The van der Waals surface area contributed by atoms with Gasteiger partial charge < -0.3 is 14.9 Å². The number of carbonyl (C=O) groups excluding carboxylic acids is 1. The average molecular weight is 238 g/mol. The minimum absolute atomic E-state index is 0.109. The summed E-state index contributed by atoms with van der Waals surface area (Å²) in [4.78, 5) is 22.6. The van der Waals surface area contributed by atoms with E-state index >= 15 is 0 Å². The Labute approximate surface area is 98.0 Å². The van der Waals surface area contributed by atoms with Crippen LogP contribution in [0.25, 0.3) is 0 Å². The molecule has 0 aliphatic heterocycles. The lowest BCUT2D eigenvalue weighted by Gasteiger charge is -2.24. The molecule has 1 saturated carbocycles. The van der Waals surface area contributed by atoms with Gasteiger partial charge in [0.15, 0.2) is 5.82 Å². The van der Waals surface area contributed by atoms with Crippen molar-refractivity contribution in [2.45, 2.75) is 25.7 Å². The van der Waals surface area contributed by atoms with Gasteiger partial charge in [-0.25, -0.2) is 0 Å². The zero-order chi connectivity index (χ0) is 12.3. The summed E-state index contributed by atoms with van der Waals surface area (Å²) in [6, 6.07) is 1.57. The van der Waals surface area contributed by atoms with E-state index in [-0.39, 0.29) is 17.7 Å². The molecule has 0 radical (unpaired) electrons. The van der Waals surface area contributed by atoms with Crippen LogP contribution in [0.4, 0.5) is 5.82 Å². The number of nitrogens with zero attached hydrogens (tertiary/aromatic N) is 1. The fourth-order valence-corrected chi connectivity index (χ4v) is 2.11. The van der Waals surface area contributed by atoms with Crippen LogP contribution in [0.1, 0.15) is 25.7 Å². The Bertz CT molecular complexity index is 394. The van der Waals surface area contributed by atoms with Gasteiger partial charge in [-0.3, -0.25) is 9.59 Å². The van der Waals surface area contributed by atoms with E-state index in [0.717, 1.165) is 0 Å². The number of amides is 1. The van der Waals surface area contributed by atoms with Crippen molar-refractivity contribution >= 4 is 17.7 Å². The fourth-order valence-electron chi connectivity index (χ4n) is 2.11.